The summed E-state index contributed by atoms with van der Waals surface area (Å²) in [6, 6.07) is 13.8. The van der Waals surface area contributed by atoms with E-state index in [9.17, 15) is 14.0 Å². The number of benzene rings is 2. The maximum atomic E-state index is 14.0. The third-order valence-electron chi connectivity index (χ3n) is 6.90. The fourth-order valence-corrected chi connectivity index (χ4v) is 5.02. The number of carbonyl (C=O) groups is 2. The van der Waals surface area contributed by atoms with Gasteiger partial charge in [-0.3, -0.25) is 4.79 Å². The molecule has 32 heavy (non-hydrogen) atoms. The fraction of sp³-hybridized carbons (Fsp3) is 0.462. The lowest BCUT2D eigenvalue weighted by Gasteiger charge is -2.37. The van der Waals surface area contributed by atoms with Crippen molar-refractivity contribution >= 4 is 11.9 Å². The number of nitrogens with zero attached hydrogens (tertiary/aromatic N) is 1. The summed E-state index contributed by atoms with van der Waals surface area (Å²) in [6.07, 6.45) is 4.86. The largest absolute Gasteiger partial charge is 0.493 e. The lowest BCUT2D eigenvalue weighted by atomic mass is 9.84. The molecule has 1 saturated carbocycles. The van der Waals surface area contributed by atoms with Crippen molar-refractivity contribution < 1.29 is 23.5 Å². The third-order valence-corrected chi connectivity index (χ3v) is 6.90. The zero-order chi connectivity index (χ0) is 22.1. The van der Waals surface area contributed by atoms with Gasteiger partial charge in [-0.15, -0.1) is 0 Å². The second-order valence-corrected chi connectivity index (χ2v) is 9.26. The molecule has 1 aliphatic carbocycles. The highest BCUT2D eigenvalue weighted by atomic mass is 19.1. The first-order valence-corrected chi connectivity index (χ1v) is 11.5. The maximum absolute atomic E-state index is 14.0. The molecule has 5 nitrogen and oxygen atoms in total. The van der Waals surface area contributed by atoms with Crippen molar-refractivity contribution in [1.29, 1.82) is 0 Å². The maximum Gasteiger partial charge on any atom is 0.410 e. The standard InChI is InChI=1S/C26H28FNO4/c27-20-8-11-24(31-15-18-6-7-18)23(14-20)25(29)19-12-21-9-10-22(13-19)28(21)26(30)32-16-17-4-2-1-3-5-17/h1-5,8,11,14,18-19,21-22H,6-7,9-10,12-13,15-16H2. The Morgan fingerprint density at radius 1 is 0.969 bits per heavy atom. The molecule has 168 valence electrons. The van der Waals surface area contributed by atoms with Crippen LogP contribution in [-0.4, -0.2) is 35.5 Å². The monoisotopic (exact) mass is 437 g/mol. The van der Waals surface area contributed by atoms with E-state index in [1.54, 1.807) is 6.07 Å². The average Bonchev–Trinajstić information content (AvgIpc) is 3.60. The lowest BCUT2D eigenvalue weighted by molar-refractivity contribution is 0.0483. The van der Waals surface area contributed by atoms with Gasteiger partial charge in [-0.05, 0) is 68.2 Å². The summed E-state index contributed by atoms with van der Waals surface area (Å²) >= 11 is 0. The number of hydrogen-bond acceptors (Lipinski definition) is 4. The zero-order valence-electron chi connectivity index (χ0n) is 18.0. The number of piperidine rings is 1. The van der Waals surface area contributed by atoms with Crippen molar-refractivity contribution in [3.63, 3.8) is 0 Å². The molecule has 5 rings (SSSR count). The number of fused-ring (bicyclic) bond motifs is 2. The van der Waals surface area contributed by atoms with E-state index in [1.165, 1.54) is 12.1 Å². The molecule has 2 aromatic rings. The molecule has 2 heterocycles. The highest BCUT2D eigenvalue weighted by Gasteiger charge is 2.46. The average molecular weight is 438 g/mol. The first kappa shape index (κ1) is 21.0. The zero-order valence-corrected chi connectivity index (χ0v) is 18.0. The van der Waals surface area contributed by atoms with E-state index >= 15 is 0 Å². The van der Waals surface area contributed by atoms with E-state index in [4.69, 9.17) is 9.47 Å². The minimum atomic E-state index is -0.433. The molecular weight excluding hydrogens is 409 g/mol. The van der Waals surface area contributed by atoms with Crippen LogP contribution in [0.3, 0.4) is 0 Å². The first-order chi connectivity index (χ1) is 15.6. The Bertz CT molecular complexity index is 977. The van der Waals surface area contributed by atoms with Crippen LogP contribution in [-0.2, 0) is 11.3 Å². The van der Waals surface area contributed by atoms with E-state index in [1.807, 2.05) is 35.2 Å². The van der Waals surface area contributed by atoms with Gasteiger partial charge in [0.2, 0.25) is 0 Å². The molecule has 0 spiro atoms. The molecular formula is C26H28FNO4. The van der Waals surface area contributed by atoms with Gasteiger partial charge in [-0.25, -0.2) is 9.18 Å². The van der Waals surface area contributed by atoms with Crippen LogP contribution in [0.4, 0.5) is 9.18 Å². The minimum Gasteiger partial charge on any atom is -0.493 e. The predicted molar refractivity (Wildman–Crippen MR) is 117 cm³/mol. The molecule has 3 aliphatic rings. The van der Waals surface area contributed by atoms with Crippen LogP contribution in [0.25, 0.3) is 0 Å². The van der Waals surface area contributed by atoms with E-state index in [0.717, 1.165) is 31.2 Å². The molecule has 0 N–H and O–H groups in total. The molecule has 2 atom stereocenters. The van der Waals surface area contributed by atoms with Gasteiger partial charge in [-0.2, -0.15) is 0 Å². The SMILES string of the molecule is O=C(c1cc(F)ccc1OCC1CC1)C1CC2CCC(C1)N2C(=O)OCc1ccccc1. The van der Waals surface area contributed by atoms with Gasteiger partial charge in [-0.1, -0.05) is 30.3 Å². The molecule has 2 bridgehead atoms. The second-order valence-electron chi connectivity index (χ2n) is 9.26. The Labute approximate surface area is 187 Å². The van der Waals surface area contributed by atoms with Crippen LogP contribution in [0.5, 0.6) is 5.75 Å². The highest BCUT2D eigenvalue weighted by Crippen LogP contribution is 2.41. The number of rotatable bonds is 7. The van der Waals surface area contributed by atoms with Crippen LogP contribution in [0, 0.1) is 17.7 Å². The smallest absolute Gasteiger partial charge is 0.410 e. The third kappa shape index (κ3) is 4.50. The number of amides is 1. The minimum absolute atomic E-state index is 0.0182. The number of halogens is 1. The summed E-state index contributed by atoms with van der Waals surface area (Å²) in [5.74, 6) is 0.265. The summed E-state index contributed by atoms with van der Waals surface area (Å²) < 4.78 is 25.4. The normalized spacial score (nSPS) is 24.3. The Morgan fingerprint density at radius 3 is 2.38 bits per heavy atom. The fourth-order valence-electron chi connectivity index (χ4n) is 5.02. The van der Waals surface area contributed by atoms with Crippen molar-refractivity contribution in [1.82, 2.24) is 4.90 Å². The van der Waals surface area contributed by atoms with Gasteiger partial charge >= 0.3 is 6.09 Å². The summed E-state index contributed by atoms with van der Waals surface area (Å²) in [4.78, 5) is 28.0. The summed E-state index contributed by atoms with van der Waals surface area (Å²) in [6.45, 7) is 0.811. The predicted octanol–water partition coefficient (Wildman–Crippen LogP) is 5.38. The number of ether oxygens (including phenoxy) is 2. The van der Waals surface area contributed by atoms with Gasteiger partial charge in [0.05, 0.1) is 12.2 Å². The van der Waals surface area contributed by atoms with Crippen LogP contribution in [0.2, 0.25) is 0 Å². The van der Waals surface area contributed by atoms with E-state index in [-0.39, 0.29) is 36.5 Å². The van der Waals surface area contributed by atoms with Crippen LogP contribution >= 0.6 is 0 Å². The molecule has 0 aromatic heterocycles. The quantitative estimate of drug-likeness (QED) is 0.546. The molecule has 2 aromatic carbocycles. The number of Topliss-reactive ketones (excluding diaryl/α,β-unsaturated/α-hetero) is 1. The number of carbonyl (C=O) groups excluding carboxylic acids is 2. The van der Waals surface area contributed by atoms with Gasteiger partial charge in [0.1, 0.15) is 18.2 Å². The second kappa shape index (κ2) is 8.93. The van der Waals surface area contributed by atoms with E-state index in [0.29, 0.717) is 36.7 Å². The van der Waals surface area contributed by atoms with Crippen LogP contribution in [0.15, 0.2) is 48.5 Å². The Morgan fingerprint density at radius 2 is 1.69 bits per heavy atom. The number of hydrogen-bond donors (Lipinski definition) is 0. The Balaban J connectivity index is 1.24. The topological polar surface area (TPSA) is 55.8 Å². The van der Waals surface area contributed by atoms with Crippen molar-refractivity contribution in [2.45, 2.75) is 57.2 Å². The van der Waals surface area contributed by atoms with Crippen molar-refractivity contribution in [3.05, 3.63) is 65.5 Å². The molecule has 6 heteroatoms. The summed E-state index contributed by atoms with van der Waals surface area (Å²) in [7, 11) is 0. The molecule has 2 aliphatic heterocycles. The molecule has 1 amide bonds. The van der Waals surface area contributed by atoms with Crippen LogP contribution in [0.1, 0.15) is 54.4 Å². The summed E-state index contributed by atoms with van der Waals surface area (Å²) in [5.41, 5.74) is 1.28. The Kier molecular flexibility index (Phi) is 5.85. The van der Waals surface area contributed by atoms with Gasteiger partial charge in [0.25, 0.3) is 0 Å². The lowest BCUT2D eigenvalue weighted by Crippen LogP contribution is -2.48. The van der Waals surface area contributed by atoms with Gasteiger partial charge < -0.3 is 14.4 Å². The van der Waals surface area contributed by atoms with Crippen LogP contribution < -0.4 is 4.74 Å². The number of ketones is 1. The van der Waals surface area contributed by atoms with Crippen molar-refractivity contribution in [2.75, 3.05) is 6.61 Å². The van der Waals surface area contributed by atoms with E-state index < -0.39 is 5.82 Å². The van der Waals surface area contributed by atoms with Gasteiger partial charge in [0.15, 0.2) is 5.78 Å². The molecule has 3 fully saturated rings. The van der Waals surface area contributed by atoms with Gasteiger partial charge in [0, 0.05) is 18.0 Å². The molecule has 2 unspecified atom stereocenters. The summed E-state index contributed by atoms with van der Waals surface area (Å²) in [5, 5.41) is 0. The van der Waals surface area contributed by atoms with Crippen molar-refractivity contribution in [3.8, 4) is 5.75 Å². The van der Waals surface area contributed by atoms with Crippen molar-refractivity contribution in [2.24, 2.45) is 11.8 Å². The highest BCUT2D eigenvalue weighted by molar-refractivity contribution is 6.00. The first-order valence-electron chi connectivity index (χ1n) is 11.5. The Hall–Kier alpha value is -2.89. The molecule has 0 radical (unpaired) electrons. The van der Waals surface area contributed by atoms with E-state index in [2.05, 4.69) is 0 Å². The molecule has 2 saturated heterocycles.